The molecule has 2 fully saturated rings. The minimum absolute atomic E-state index is 0.0142. The van der Waals surface area contributed by atoms with Crippen molar-refractivity contribution in [3.8, 4) is 6.07 Å². The quantitative estimate of drug-likeness (QED) is 0.163. The summed E-state index contributed by atoms with van der Waals surface area (Å²) in [5, 5.41) is 15.2. The van der Waals surface area contributed by atoms with Crippen LogP contribution in [-0.4, -0.2) is 132 Å². The largest absolute Gasteiger partial charge is 0.393 e. The van der Waals surface area contributed by atoms with Crippen molar-refractivity contribution in [1.29, 1.82) is 5.26 Å². The number of rotatable bonds is 16. The van der Waals surface area contributed by atoms with Crippen molar-refractivity contribution >= 4 is 48.5 Å². The van der Waals surface area contributed by atoms with Gasteiger partial charge in [0.1, 0.15) is 28.7 Å². The molecule has 0 radical (unpaired) electrons. The monoisotopic (exact) mass is 804 g/mol. The lowest BCUT2D eigenvalue weighted by Crippen LogP contribution is -2.55. The van der Waals surface area contributed by atoms with Crippen LogP contribution in [0, 0.1) is 18.3 Å². The summed E-state index contributed by atoms with van der Waals surface area (Å²) in [5.41, 5.74) is 3.90. The van der Waals surface area contributed by atoms with Crippen LogP contribution in [0.2, 0.25) is 0 Å². The lowest BCUT2D eigenvalue weighted by molar-refractivity contribution is -0.126. The lowest BCUT2D eigenvalue weighted by Gasteiger charge is -2.38. The molecule has 2 aliphatic heterocycles. The highest BCUT2D eigenvalue weighted by atomic mass is 32.2. The van der Waals surface area contributed by atoms with Gasteiger partial charge in [0.2, 0.25) is 0 Å². The predicted octanol–water partition coefficient (Wildman–Crippen LogP) is 4.77. The second-order valence-electron chi connectivity index (χ2n) is 14.5. The fraction of sp³-hybridized carbons (Fsp3) is 0.595. The number of anilines is 1. The fourth-order valence-electron chi connectivity index (χ4n) is 7.35. The van der Waals surface area contributed by atoms with E-state index in [-0.39, 0.29) is 23.6 Å². The van der Waals surface area contributed by atoms with Crippen molar-refractivity contribution in [3.05, 3.63) is 52.3 Å². The molecular formula is C37H51F3N10O3S2. The van der Waals surface area contributed by atoms with E-state index in [9.17, 15) is 26.9 Å². The van der Waals surface area contributed by atoms with Crippen LogP contribution < -0.4 is 10.0 Å². The molecule has 6 rings (SSSR count). The summed E-state index contributed by atoms with van der Waals surface area (Å²) >= 11 is 1.04. The molecular weight excluding hydrogens is 754 g/mol. The van der Waals surface area contributed by atoms with Gasteiger partial charge in [-0.2, -0.15) is 35.9 Å². The molecule has 1 aromatic carbocycles. The average Bonchev–Trinajstić information content (AvgIpc) is 3.74. The number of aromatic nitrogens is 3. The highest BCUT2D eigenvalue weighted by Gasteiger charge is 2.31. The smallest absolute Gasteiger partial charge is 0.379 e. The molecule has 2 saturated heterocycles. The minimum Gasteiger partial charge on any atom is -0.379 e. The predicted molar refractivity (Wildman–Crippen MR) is 209 cm³/mol. The van der Waals surface area contributed by atoms with E-state index in [1.54, 1.807) is 0 Å². The molecule has 0 aliphatic carbocycles. The van der Waals surface area contributed by atoms with Crippen LogP contribution >= 0.6 is 11.3 Å². The number of piperazine rings is 1. The summed E-state index contributed by atoms with van der Waals surface area (Å²) in [6, 6.07) is 10.2. The van der Waals surface area contributed by atoms with Gasteiger partial charge in [-0.05, 0) is 63.1 Å². The van der Waals surface area contributed by atoms with Crippen LogP contribution in [0.15, 0.2) is 30.6 Å². The van der Waals surface area contributed by atoms with Crippen LogP contribution in [0.5, 0.6) is 0 Å². The third-order valence-corrected chi connectivity index (χ3v) is 13.3. The molecule has 5 heterocycles. The first kappa shape index (κ1) is 41.2. The number of nitriles is 1. The van der Waals surface area contributed by atoms with Crippen LogP contribution in [0.4, 0.5) is 19.0 Å². The number of nitrogens with zero attached hydrogens (tertiary/aromatic N) is 8. The Hall–Kier alpha value is -3.41. The number of fused-ring (bicyclic) bond motifs is 2. The molecule has 13 nitrogen and oxygen atoms in total. The summed E-state index contributed by atoms with van der Waals surface area (Å²) in [7, 11) is -3.59. The summed E-state index contributed by atoms with van der Waals surface area (Å²) in [5.74, 6) is 0.543. The van der Waals surface area contributed by atoms with E-state index in [0.717, 1.165) is 53.9 Å². The maximum absolute atomic E-state index is 13.0. The Morgan fingerprint density at radius 2 is 1.82 bits per heavy atom. The van der Waals surface area contributed by atoms with E-state index in [4.69, 9.17) is 4.74 Å². The van der Waals surface area contributed by atoms with E-state index in [1.807, 2.05) is 17.9 Å². The number of halogens is 3. The SMILES string of the molecule is CCN(CCC(C)Nc1ncnc2sc(CC(F)(F)F)cc12)Cc1ccc2c(cc(C#N)n2CC(C)N2CCN(S(=O)(=O)NCN3CCOCC3)CC2)c1C. The molecule has 2 N–H and O–H groups in total. The van der Waals surface area contributed by atoms with Crippen molar-refractivity contribution < 1.29 is 26.3 Å². The number of morpholine rings is 1. The Morgan fingerprint density at radius 1 is 1.07 bits per heavy atom. The van der Waals surface area contributed by atoms with Crippen molar-refractivity contribution in [1.82, 2.24) is 38.3 Å². The molecule has 2 aliphatic rings. The molecule has 0 saturated carbocycles. The van der Waals surface area contributed by atoms with Gasteiger partial charge in [-0.25, -0.2) is 9.97 Å². The summed E-state index contributed by atoms with van der Waals surface area (Å²) in [6.45, 7) is 16.3. The molecule has 3 aromatic heterocycles. The third kappa shape index (κ3) is 10.3. The number of nitrogens with one attached hydrogen (secondary N) is 2. The zero-order chi connectivity index (χ0) is 39.3. The first-order valence-electron chi connectivity index (χ1n) is 18.8. The highest BCUT2D eigenvalue weighted by molar-refractivity contribution is 7.87. The van der Waals surface area contributed by atoms with Gasteiger partial charge < -0.3 is 14.6 Å². The van der Waals surface area contributed by atoms with Crippen molar-refractivity contribution in [2.75, 3.05) is 77.6 Å². The number of aryl methyl sites for hydroxylation is 1. The molecule has 300 valence electrons. The summed E-state index contributed by atoms with van der Waals surface area (Å²) in [6.07, 6.45) is -3.09. The molecule has 0 amide bonds. The van der Waals surface area contributed by atoms with Crippen LogP contribution in [0.3, 0.4) is 0 Å². The highest BCUT2D eigenvalue weighted by Crippen LogP contribution is 2.33. The maximum Gasteiger partial charge on any atom is 0.393 e. The molecule has 18 heteroatoms. The standard InChI is InChI=1S/C37H51F3N10O3S2/c1-5-46(9-8-26(2)45-35-33-19-31(20-37(38,39)40)54-36(33)43-24-42-35)23-29-6-7-34-32(28(29)4)18-30(21-41)50(34)22-27(3)48-10-12-49(13-11-48)55(51,52)44-25-47-14-16-53-17-15-47/h6-7,18-19,24,26-27,44H,5,8-17,20,22-23,25H2,1-4H3,(H,42,43,45). The van der Waals surface area contributed by atoms with E-state index in [2.05, 4.69) is 73.3 Å². The Kier molecular flexibility index (Phi) is 13.3. The van der Waals surface area contributed by atoms with Crippen molar-refractivity contribution in [2.24, 2.45) is 0 Å². The molecule has 55 heavy (non-hydrogen) atoms. The summed E-state index contributed by atoms with van der Waals surface area (Å²) in [4.78, 5) is 16.0. The van der Waals surface area contributed by atoms with Crippen LogP contribution in [-0.2, 0) is 34.5 Å². The first-order chi connectivity index (χ1) is 26.2. The Labute approximate surface area is 325 Å². The van der Waals surface area contributed by atoms with Crippen molar-refractivity contribution in [2.45, 2.75) is 71.9 Å². The Balaban J connectivity index is 1.04. The maximum atomic E-state index is 13.0. The number of hydrogen-bond acceptors (Lipinski definition) is 11. The average molecular weight is 805 g/mol. The number of benzene rings is 1. The van der Waals surface area contributed by atoms with Crippen LogP contribution in [0.1, 0.15) is 48.9 Å². The lowest BCUT2D eigenvalue weighted by atomic mass is 10.0. The zero-order valence-electron chi connectivity index (χ0n) is 31.9. The number of alkyl halides is 3. The number of ether oxygens (including phenoxy) is 1. The van der Waals surface area contributed by atoms with Crippen molar-refractivity contribution in [3.63, 3.8) is 0 Å². The topological polar surface area (TPSA) is 135 Å². The van der Waals surface area contributed by atoms with Gasteiger partial charge in [-0.1, -0.05) is 13.0 Å². The van der Waals surface area contributed by atoms with E-state index < -0.39 is 22.8 Å². The minimum atomic E-state index is -4.28. The van der Waals surface area contributed by atoms with E-state index in [1.165, 1.54) is 22.3 Å². The zero-order valence-corrected chi connectivity index (χ0v) is 33.5. The first-order valence-corrected chi connectivity index (χ1v) is 21.1. The van der Waals surface area contributed by atoms with Gasteiger partial charge in [0.05, 0.1) is 31.7 Å². The molecule has 4 aromatic rings. The second-order valence-corrected chi connectivity index (χ2v) is 17.4. The third-order valence-electron chi connectivity index (χ3n) is 10.7. The van der Waals surface area contributed by atoms with Gasteiger partial charge in [0.25, 0.3) is 10.2 Å². The fourth-order valence-corrected chi connectivity index (χ4v) is 9.55. The summed E-state index contributed by atoms with van der Waals surface area (Å²) < 4.78 is 76.7. The normalized spacial score (nSPS) is 17.9. The van der Waals surface area contributed by atoms with E-state index in [0.29, 0.717) is 80.8 Å². The molecule has 2 atom stereocenters. The van der Waals surface area contributed by atoms with Gasteiger partial charge >= 0.3 is 6.18 Å². The second kappa shape index (κ2) is 17.8. The Morgan fingerprint density at radius 3 is 2.51 bits per heavy atom. The number of thiophene rings is 1. The number of hydrogen-bond donors (Lipinski definition) is 2. The Bertz CT molecular complexity index is 2070. The molecule has 2 unspecified atom stereocenters. The molecule has 0 bridgehead atoms. The van der Waals surface area contributed by atoms with Gasteiger partial charge in [0.15, 0.2) is 0 Å². The molecule has 0 spiro atoms. The van der Waals surface area contributed by atoms with Gasteiger partial charge in [-0.15, -0.1) is 11.3 Å². The van der Waals surface area contributed by atoms with Gasteiger partial charge in [-0.3, -0.25) is 14.7 Å². The van der Waals surface area contributed by atoms with E-state index >= 15 is 0 Å². The van der Waals surface area contributed by atoms with Crippen LogP contribution in [0.25, 0.3) is 21.1 Å². The van der Waals surface area contributed by atoms with Gasteiger partial charge in [0, 0.05) is 86.8 Å².